The van der Waals surface area contributed by atoms with Crippen molar-refractivity contribution < 1.29 is 44.4 Å². The Morgan fingerprint density at radius 1 is 0.329 bits per heavy atom. The molecule has 28 rings (SSSR count). The van der Waals surface area contributed by atoms with Gasteiger partial charge in [0.2, 0.25) is 70.5 Å². The van der Waals surface area contributed by atoms with Crippen LogP contribution in [0.4, 0.5) is 38.5 Å². The number of ether oxygens (including phenoxy) is 1. The van der Waals surface area contributed by atoms with E-state index >= 15 is 0 Å². The van der Waals surface area contributed by atoms with Crippen molar-refractivity contribution in [2.45, 2.75) is 6.92 Å². The van der Waals surface area contributed by atoms with E-state index in [1.807, 2.05) is 116 Å². The van der Waals surface area contributed by atoms with Crippen LogP contribution in [0.5, 0.6) is 5.75 Å². The van der Waals surface area contributed by atoms with Crippen molar-refractivity contribution in [2.75, 3.05) is 42.4 Å². The van der Waals surface area contributed by atoms with Crippen LogP contribution in [0, 0.1) is 18.6 Å². The van der Waals surface area contributed by atoms with Crippen molar-refractivity contribution >= 4 is 185 Å². The van der Waals surface area contributed by atoms with E-state index < -0.39 is 5.82 Å². The average Bonchev–Trinajstić information content (AvgIpc) is 1.57. The molecular formula is C94H62BrCl2F2N33O8. The van der Waals surface area contributed by atoms with Gasteiger partial charge in [-0.2, -0.15) is 27.1 Å². The van der Waals surface area contributed by atoms with E-state index in [0.29, 0.717) is 165 Å². The highest BCUT2D eigenvalue weighted by molar-refractivity contribution is 9.10. The number of halogens is 5. The third kappa shape index (κ3) is 16.4. The van der Waals surface area contributed by atoms with E-state index in [-0.39, 0.29) is 29.0 Å². The minimum absolute atomic E-state index is 0.142. The Morgan fingerprint density at radius 2 is 0.693 bits per heavy atom. The number of rotatable bonds is 9. The number of nitrogens with one attached hydrogen (secondary N) is 1. The number of para-hydroxylation sites is 1. The van der Waals surface area contributed by atoms with Crippen LogP contribution in [0.1, 0.15) is 5.82 Å². The molecule has 0 aliphatic heterocycles. The predicted octanol–water partition coefficient (Wildman–Crippen LogP) is 18.8. The molecule has 0 spiro atoms. The summed E-state index contributed by atoms with van der Waals surface area (Å²) in [6, 6.07) is 64.0. The Bertz CT molecular complexity index is 9330. The highest BCUT2D eigenvalue weighted by atomic mass is 79.9. The summed E-state index contributed by atoms with van der Waals surface area (Å²) in [4.78, 5) is 61.6. The smallest absolute Gasteiger partial charge is 0.226 e. The largest absolute Gasteiger partial charge is 0.496 e. The standard InChI is InChI=1S/C14H10ClN5O.C14H11N5O2.C14H10N4O.C13H8BrN5O.C13H7ClN4O.2C13H8FN5O/c1-16-14-17-10-5-4-8(15)7-9(10)13-18-12(19-20(13)14)11-3-2-6-21-11;1-20-9-5-2-4-8-11(9)13-17-12(10-6-3-7-21-10)18-19(13)14(15)16-8;1-9-15-11-6-3-2-5-10(11)14-16-13(17-18(9)14)12-7-4-8-19-12;14-7-3-4-9-8(6-7)12-17-11(10-2-1-5-20-10)18-19(12)13(15)16-9;14-8-3-4-10-9(6-8)13-16-12(11-2-1-5-19-11)17-18(13)7-15-10;14-7-3-1-4-8-10(7)12-17-11(9-5-2-6-20-9)18-19(12)13(15)16-8;14-7-3-4-9-8(6-7)12-17-11(10-2-1-5-20-10)18-19(12)13(15)16-9/h2-7H,1H3,(H,16,17);2-7H,1H3,(H2,15,16);2-8H,1H3;1-6H,(H2,15,16);1-7H;2*1-6H,(H2,15,16). The number of hydrogen-bond donors (Lipinski definition) is 5. The topological polar surface area (TPSA) is 519 Å². The number of nitrogen functional groups attached to an aromatic ring is 4. The molecule has 41 nitrogen and oxygen atoms in total. The first-order valence-corrected chi connectivity index (χ1v) is 43.5. The number of nitrogens with two attached hydrogens (primary N) is 4. The van der Waals surface area contributed by atoms with Gasteiger partial charge in [-0.1, -0.05) is 63.4 Å². The Morgan fingerprint density at radius 3 is 1.19 bits per heavy atom. The van der Waals surface area contributed by atoms with Gasteiger partial charge in [-0.15, -0.1) is 35.7 Å². The zero-order valence-corrected chi connectivity index (χ0v) is 75.5. The highest BCUT2D eigenvalue weighted by Gasteiger charge is 2.24. The Hall–Kier alpha value is -19.1. The van der Waals surface area contributed by atoms with Crippen molar-refractivity contribution in [3.8, 4) is 86.8 Å². The van der Waals surface area contributed by atoms with Gasteiger partial charge in [0.15, 0.2) is 79.9 Å². The summed E-state index contributed by atoms with van der Waals surface area (Å²) < 4.78 is 81.6. The van der Waals surface area contributed by atoms with Crippen LogP contribution < -0.4 is 33.0 Å². The van der Waals surface area contributed by atoms with Crippen LogP contribution in [0.25, 0.3) is 197 Å². The first kappa shape index (κ1) is 86.3. The second kappa shape index (κ2) is 36.0. The maximum Gasteiger partial charge on any atom is 0.226 e. The van der Waals surface area contributed by atoms with Gasteiger partial charge >= 0.3 is 0 Å². The molecule has 21 aromatic heterocycles. The average molecular weight is 1970 g/mol. The molecule has 9 N–H and O–H groups in total. The fourth-order valence-electron chi connectivity index (χ4n) is 15.2. The van der Waals surface area contributed by atoms with E-state index in [1.54, 1.807) is 156 Å². The number of aryl methyl sites for hydroxylation is 1. The van der Waals surface area contributed by atoms with Crippen molar-refractivity contribution in [3.05, 3.63) is 301 Å². The van der Waals surface area contributed by atoms with E-state index in [4.69, 9.17) is 81.8 Å². The number of benzene rings is 7. The molecule has 0 unspecified atom stereocenters. The number of fused-ring (bicyclic) bond motifs is 21. The highest BCUT2D eigenvalue weighted by Crippen LogP contribution is 2.36. The number of anilines is 5. The number of hydrogen-bond acceptors (Lipinski definition) is 34. The minimum atomic E-state index is -0.418. The van der Waals surface area contributed by atoms with Crippen LogP contribution in [-0.4, -0.2) is 151 Å². The molecule has 686 valence electrons. The summed E-state index contributed by atoms with van der Waals surface area (Å²) in [6.45, 7) is 1.92. The van der Waals surface area contributed by atoms with Crippen LogP contribution in [0.2, 0.25) is 10.0 Å². The molecule has 0 bridgehead atoms. The molecule has 0 atom stereocenters. The lowest BCUT2D eigenvalue weighted by molar-refractivity contribution is 0.420. The second-order valence-corrected chi connectivity index (χ2v) is 32.0. The van der Waals surface area contributed by atoms with Gasteiger partial charge in [0, 0.05) is 48.5 Å². The van der Waals surface area contributed by atoms with Gasteiger partial charge in [-0.05, 0) is 201 Å². The molecular weight excluding hydrogens is 1910 g/mol. The SMILES string of the molecule is CNc1nc2ccc(Cl)cc2c2nc(-c3ccco3)nn12.COc1cccc2nc(N)n3nc(-c4ccco4)nc3c12.Cc1nc2ccccc2c2nc(-c3ccco3)nn12.Clc1ccc2ncn3nc(-c4ccco4)nc3c2c1.Nc1nc2ccc(Br)cc2c2nc(-c3ccco3)nn12.Nc1nc2ccc(F)cc2c2nc(-c3ccco3)nn12.Nc1nc2cccc(F)c2c2nc(-c3ccco3)nn12. The third-order valence-electron chi connectivity index (χ3n) is 21.4. The van der Waals surface area contributed by atoms with E-state index in [2.05, 4.69) is 127 Å². The van der Waals surface area contributed by atoms with E-state index in [1.165, 1.54) is 48.8 Å². The van der Waals surface area contributed by atoms with Crippen molar-refractivity contribution in [2.24, 2.45) is 0 Å². The number of methoxy groups -OCH3 is 1. The van der Waals surface area contributed by atoms with Gasteiger partial charge < -0.3 is 63.9 Å². The summed E-state index contributed by atoms with van der Waals surface area (Å²) in [5.41, 5.74) is 32.8. The lowest BCUT2D eigenvalue weighted by Crippen LogP contribution is -2.03. The quantitative estimate of drug-likeness (QED) is 0.0896. The Kier molecular flexibility index (Phi) is 22.2. The molecule has 0 saturated carbocycles. The van der Waals surface area contributed by atoms with Crippen LogP contribution in [-0.2, 0) is 0 Å². The van der Waals surface area contributed by atoms with Crippen LogP contribution in [0.3, 0.4) is 0 Å². The fourth-order valence-corrected chi connectivity index (χ4v) is 15.9. The van der Waals surface area contributed by atoms with Gasteiger partial charge in [0.25, 0.3) is 0 Å². The summed E-state index contributed by atoms with van der Waals surface area (Å²) in [6.07, 6.45) is 12.6. The molecule has 21 heterocycles. The normalized spacial score (nSPS) is 11.4. The lowest BCUT2D eigenvalue weighted by Gasteiger charge is -2.06. The second-order valence-electron chi connectivity index (χ2n) is 30.2. The molecule has 0 amide bonds. The Labute approximate surface area is 798 Å². The molecule has 0 aliphatic rings. The maximum atomic E-state index is 14.0. The monoisotopic (exact) mass is 1970 g/mol. The molecule has 0 fully saturated rings. The van der Waals surface area contributed by atoms with Gasteiger partial charge in [0.1, 0.15) is 29.5 Å². The summed E-state index contributed by atoms with van der Waals surface area (Å²) in [7, 11) is 3.39. The zero-order chi connectivity index (χ0) is 95.5. The number of nitrogens with zero attached hydrogens (tertiary/aromatic N) is 28. The van der Waals surface area contributed by atoms with Gasteiger partial charge in [0.05, 0.1) is 100 Å². The van der Waals surface area contributed by atoms with Crippen molar-refractivity contribution in [1.29, 1.82) is 0 Å². The fraction of sp³-hybridized carbons (Fsp3) is 0.0319. The maximum absolute atomic E-state index is 14.0. The summed E-state index contributed by atoms with van der Waals surface area (Å²) in [5.74, 6) is 9.47. The van der Waals surface area contributed by atoms with Gasteiger partial charge in [-0.3, -0.25) is 0 Å². The number of aromatic nitrogens is 28. The Balaban J connectivity index is 0.0000000939. The third-order valence-corrected chi connectivity index (χ3v) is 22.4. The lowest BCUT2D eigenvalue weighted by atomic mass is 10.2. The first-order valence-electron chi connectivity index (χ1n) is 41.9. The molecule has 0 saturated heterocycles. The molecule has 0 aliphatic carbocycles. The first-order chi connectivity index (χ1) is 68.3. The molecule has 28 aromatic rings. The zero-order valence-electron chi connectivity index (χ0n) is 72.4. The molecule has 7 aromatic carbocycles. The van der Waals surface area contributed by atoms with Crippen LogP contribution in [0.15, 0.2) is 304 Å². The predicted molar refractivity (Wildman–Crippen MR) is 518 cm³/mol. The minimum Gasteiger partial charge on any atom is -0.496 e. The molecule has 0 radical (unpaired) electrons. The van der Waals surface area contributed by atoms with Crippen LogP contribution >= 0.6 is 39.1 Å². The summed E-state index contributed by atoms with van der Waals surface area (Å²) in [5, 5.41) is 39.8. The number of furan rings is 7. The molecule has 46 heteroatoms. The van der Waals surface area contributed by atoms with E-state index in [0.717, 1.165) is 64.9 Å². The van der Waals surface area contributed by atoms with Crippen molar-refractivity contribution in [1.82, 2.24) is 137 Å². The van der Waals surface area contributed by atoms with E-state index in [9.17, 15) is 8.78 Å². The van der Waals surface area contributed by atoms with Crippen molar-refractivity contribution in [3.63, 3.8) is 0 Å². The molecule has 140 heavy (non-hydrogen) atoms. The summed E-state index contributed by atoms with van der Waals surface area (Å²) >= 11 is 15.5. The van der Waals surface area contributed by atoms with Gasteiger partial charge in [-0.25, -0.2) is 83.1 Å².